The molecule has 0 bridgehead atoms. The van der Waals surface area contributed by atoms with E-state index >= 15 is 0 Å². The summed E-state index contributed by atoms with van der Waals surface area (Å²) in [5, 5.41) is 3.09. The number of thiazole rings is 1. The molecule has 0 amide bonds. The second-order valence-corrected chi connectivity index (χ2v) is 5.65. The Morgan fingerprint density at radius 3 is 2.79 bits per heavy atom. The monoisotopic (exact) mass is 288 g/mol. The van der Waals surface area contributed by atoms with Gasteiger partial charge in [0.05, 0.1) is 17.9 Å². The Morgan fingerprint density at radius 1 is 1.26 bits per heavy atom. The minimum atomic E-state index is 0.715. The summed E-state index contributed by atoms with van der Waals surface area (Å²) >= 11 is 7.90. The van der Waals surface area contributed by atoms with Crippen LogP contribution in [0.1, 0.15) is 12.6 Å². The van der Waals surface area contributed by atoms with Gasteiger partial charge in [-0.05, 0) is 12.5 Å². The van der Waals surface area contributed by atoms with Crippen molar-refractivity contribution in [3.63, 3.8) is 0 Å². The second-order valence-electron chi connectivity index (χ2n) is 4.38. The van der Waals surface area contributed by atoms with Crippen LogP contribution in [-0.4, -0.2) is 15.9 Å². The molecule has 0 aliphatic carbocycles. The first kappa shape index (κ1) is 12.5. The molecular weight excluding hydrogens is 276 g/mol. The lowest BCUT2D eigenvalue weighted by Gasteiger charge is -2.21. The topological polar surface area (TPSA) is 16.1 Å². The molecule has 3 rings (SSSR count). The van der Waals surface area contributed by atoms with Crippen LogP contribution in [-0.2, 0) is 0 Å². The summed E-state index contributed by atoms with van der Waals surface area (Å²) in [7, 11) is 0. The number of rotatable bonds is 2. The molecule has 0 N–H and O–H groups in total. The maximum atomic E-state index is 6.26. The van der Waals surface area contributed by atoms with Gasteiger partial charge in [-0.15, -0.1) is 11.3 Å². The molecule has 0 atom stereocenters. The fourth-order valence-electron chi connectivity index (χ4n) is 2.11. The third-order valence-corrected chi connectivity index (χ3v) is 4.22. The Labute approximate surface area is 121 Å². The maximum Gasteiger partial charge on any atom is 0.124 e. The Hall–Kier alpha value is -1.58. The number of hydrogen-bond acceptors (Lipinski definition) is 3. The lowest BCUT2D eigenvalue weighted by molar-refractivity contribution is 0.688. The van der Waals surface area contributed by atoms with E-state index in [1.807, 2.05) is 18.2 Å². The number of nitrogens with zero attached hydrogens (tertiary/aromatic N) is 2. The van der Waals surface area contributed by atoms with Crippen molar-refractivity contribution >= 4 is 28.8 Å². The highest BCUT2D eigenvalue weighted by atomic mass is 35.5. The van der Waals surface area contributed by atoms with Gasteiger partial charge in [-0.25, -0.2) is 4.98 Å². The highest BCUT2D eigenvalue weighted by molar-refractivity contribution is 7.13. The van der Waals surface area contributed by atoms with Crippen molar-refractivity contribution in [2.75, 3.05) is 6.54 Å². The Balaban J connectivity index is 2.00. The summed E-state index contributed by atoms with van der Waals surface area (Å²) < 4.78 is 1.72. The Morgan fingerprint density at radius 2 is 2.05 bits per heavy atom. The van der Waals surface area contributed by atoms with E-state index in [1.54, 1.807) is 15.8 Å². The predicted molar refractivity (Wildman–Crippen MR) is 81.8 cm³/mol. The summed E-state index contributed by atoms with van der Waals surface area (Å²) in [4.78, 5) is 4.71. The number of halogens is 1. The largest absolute Gasteiger partial charge is 0.279 e. The van der Waals surface area contributed by atoms with Crippen molar-refractivity contribution in [2.45, 2.75) is 6.92 Å². The smallest absolute Gasteiger partial charge is 0.124 e. The Kier molecular flexibility index (Phi) is 3.40. The molecule has 19 heavy (non-hydrogen) atoms. The van der Waals surface area contributed by atoms with Crippen molar-refractivity contribution in [3.8, 4) is 10.6 Å². The molecule has 0 radical (unpaired) electrons. The van der Waals surface area contributed by atoms with E-state index < -0.39 is 0 Å². The lowest BCUT2D eigenvalue weighted by Crippen LogP contribution is -2.15. The molecule has 0 saturated heterocycles. The van der Waals surface area contributed by atoms with Crippen LogP contribution in [0, 0.1) is 0 Å². The Bertz CT molecular complexity index is 643. The fraction of sp³-hybridized carbons (Fsp3) is 0.133. The summed E-state index contributed by atoms with van der Waals surface area (Å²) in [6, 6.07) is 10.2. The number of benzene rings is 1. The third-order valence-electron chi connectivity index (χ3n) is 3.02. The number of allylic oxidation sites excluding steroid dienone is 2. The zero-order chi connectivity index (χ0) is 13.2. The SMILES string of the molecule is CC1=C(c2csc(-c3ccccc3)n2)N(Cl)CC=C1. The van der Waals surface area contributed by atoms with Crippen LogP contribution in [0.4, 0.5) is 0 Å². The maximum absolute atomic E-state index is 6.26. The summed E-state index contributed by atoms with van der Waals surface area (Å²) in [5.41, 5.74) is 4.24. The van der Waals surface area contributed by atoms with Crippen molar-refractivity contribution in [3.05, 3.63) is 59.1 Å². The van der Waals surface area contributed by atoms with Gasteiger partial charge in [-0.3, -0.25) is 4.42 Å². The highest BCUT2D eigenvalue weighted by Crippen LogP contribution is 2.32. The van der Waals surface area contributed by atoms with Crippen LogP contribution in [0.3, 0.4) is 0 Å². The molecule has 0 spiro atoms. The minimum Gasteiger partial charge on any atom is -0.279 e. The summed E-state index contributed by atoms with van der Waals surface area (Å²) in [5.74, 6) is 0. The first-order valence-corrected chi connectivity index (χ1v) is 7.29. The van der Waals surface area contributed by atoms with E-state index in [0.717, 1.165) is 27.5 Å². The minimum absolute atomic E-state index is 0.715. The van der Waals surface area contributed by atoms with E-state index in [2.05, 4.69) is 36.6 Å². The third kappa shape index (κ3) is 2.44. The van der Waals surface area contributed by atoms with Crippen molar-refractivity contribution in [1.29, 1.82) is 0 Å². The molecule has 0 unspecified atom stereocenters. The molecule has 1 aromatic heterocycles. The standard InChI is InChI=1S/C15H13ClN2S/c1-11-6-5-9-18(16)14(11)13-10-19-15(17-13)12-7-3-2-4-8-12/h2-8,10H,9H2,1H3. The molecule has 2 heterocycles. The van der Waals surface area contributed by atoms with E-state index in [4.69, 9.17) is 16.8 Å². The van der Waals surface area contributed by atoms with Gasteiger partial charge in [-0.1, -0.05) is 42.5 Å². The van der Waals surface area contributed by atoms with Crippen molar-refractivity contribution < 1.29 is 0 Å². The van der Waals surface area contributed by atoms with E-state index in [1.165, 1.54) is 0 Å². The van der Waals surface area contributed by atoms with Crippen LogP contribution in [0.5, 0.6) is 0 Å². The highest BCUT2D eigenvalue weighted by Gasteiger charge is 2.17. The van der Waals surface area contributed by atoms with Gasteiger partial charge in [0.1, 0.15) is 5.01 Å². The number of aromatic nitrogens is 1. The molecular formula is C15H13ClN2S. The molecule has 1 aromatic carbocycles. The zero-order valence-corrected chi connectivity index (χ0v) is 12.1. The van der Waals surface area contributed by atoms with E-state index in [9.17, 15) is 0 Å². The average Bonchev–Trinajstić information content (AvgIpc) is 2.89. The van der Waals surface area contributed by atoms with Gasteiger partial charge in [0.15, 0.2) is 0 Å². The van der Waals surface area contributed by atoms with Crippen LogP contribution in [0.15, 0.2) is 53.4 Å². The molecule has 2 aromatic rings. The van der Waals surface area contributed by atoms with Crippen LogP contribution < -0.4 is 0 Å². The number of hydrogen-bond donors (Lipinski definition) is 0. The van der Waals surface area contributed by atoms with Crippen molar-refractivity contribution in [2.24, 2.45) is 0 Å². The van der Waals surface area contributed by atoms with Gasteiger partial charge in [0.2, 0.25) is 0 Å². The zero-order valence-electron chi connectivity index (χ0n) is 10.5. The predicted octanol–water partition coefficient (Wildman–Crippen LogP) is 4.57. The molecule has 2 nitrogen and oxygen atoms in total. The first-order valence-electron chi connectivity index (χ1n) is 6.08. The molecule has 1 aliphatic rings. The summed E-state index contributed by atoms with van der Waals surface area (Å²) in [6.07, 6.45) is 4.14. The molecule has 96 valence electrons. The molecule has 0 fully saturated rings. The average molecular weight is 289 g/mol. The van der Waals surface area contributed by atoms with Gasteiger partial charge in [-0.2, -0.15) is 0 Å². The second kappa shape index (κ2) is 5.19. The van der Waals surface area contributed by atoms with Crippen LogP contribution in [0.2, 0.25) is 0 Å². The van der Waals surface area contributed by atoms with Gasteiger partial charge < -0.3 is 0 Å². The fourth-order valence-corrected chi connectivity index (χ4v) is 3.22. The first-order chi connectivity index (χ1) is 9.25. The quantitative estimate of drug-likeness (QED) is 0.753. The summed E-state index contributed by atoms with van der Waals surface area (Å²) in [6.45, 7) is 2.77. The van der Waals surface area contributed by atoms with Crippen molar-refractivity contribution in [1.82, 2.24) is 9.40 Å². The van der Waals surface area contributed by atoms with Gasteiger partial charge in [0, 0.05) is 22.7 Å². The molecule has 4 heteroatoms. The van der Waals surface area contributed by atoms with Crippen LogP contribution in [0.25, 0.3) is 16.3 Å². The van der Waals surface area contributed by atoms with E-state index in [-0.39, 0.29) is 0 Å². The van der Waals surface area contributed by atoms with Crippen LogP contribution >= 0.6 is 23.1 Å². The van der Waals surface area contributed by atoms with Gasteiger partial charge >= 0.3 is 0 Å². The normalized spacial score (nSPS) is 15.2. The molecule has 1 aliphatic heterocycles. The molecule has 0 saturated carbocycles. The van der Waals surface area contributed by atoms with E-state index in [0.29, 0.717) is 6.54 Å². The lowest BCUT2D eigenvalue weighted by atomic mass is 10.1. The van der Waals surface area contributed by atoms with Gasteiger partial charge in [0.25, 0.3) is 0 Å².